The predicted octanol–water partition coefficient (Wildman–Crippen LogP) is 29.1. The summed E-state index contributed by atoms with van der Waals surface area (Å²) in [5.41, 5.74) is 26.5. The van der Waals surface area contributed by atoms with Gasteiger partial charge in [0.2, 0.25) is 12.2 Å². The number of aliphatic hydroxyl groups is 5. The van der Waals surface area contributed by atoms with Crippen molar-refractivity contribution in [2.45, 2.75) is 444 Å². The standard InChI is InChI=1S/C109H180FNO16P2/c1-80(2)40-22-41-81(3)42-23-43-82(4)44-24-45-83(5)46-25-47-84(6)48-26-49-85(7)50-27-51-86(8)52-28-53-87(9)54-29-55-88(10)56-30-57-89(11)58-31-59-90(12)60-32-61-91(13)62-33-63-92(14)64-34-65-93(15)66-35-67-94(16)68-36-69-95(17)70-37-71-96(18)72-38-73-97(19)74-39-75-98(20)76-77-122-128(118,119)127-129(120,121)126-108-102(110)105(116)107(101(79-113)124-108)125-109-103(111-99(21)114)106(117)104(115)100(78-112)123-109/h40,42,44,46,48,50,52,54,56,58,60,62,64,66,68,70,72,74,98,100-109,112-113,115-117H,22-39,41,43,45,47,49,51,53,55,57,59,61,63,65,67,69,71,73,75-79H2,1-21H3,(H,111,114)(H,118,119)(H,120,121)/b81-42+,82-44+,83-46+,84-48+,85-50+,86-52+,87-54+,88-56+,89-58+,90-60+,91-62+,92-64+,93-66+,94-68+,95-70+,96-72+,97-74+/t98?,100-,101-,102-,103-,104-,105-,106-,107-,108-,109+/m1/s1. The van der Waals surface area contributed by atoms with Crippen molar-refractivity contribution in [2.24, 2.45) is 5.92 Å². The fourth-order valence-electron chi connectivity index (χ4n) is 15.5. The smallest absolute Gasteiger partial charge is 0.394 e. The molecule has 0 saturated carbocycles. The van der Waals surface area contributed by atoms with Crippen molar-refractivity contribution >= 4 is 21.6 Å². The Kier molecular flexibility index (Phi) is 64.5. The molecule has 129 heavy (non-hydrogen) atoms. The number of alkyl halides is 1. The fourth-order valence-corrected chi connectivity index (χ4v) is 17.7. The first kappa shape index (κ1) is 120. The highest BCUT2D eigenvalue weighted by Gasteiger charge is 2.54. The van der Waals surface area contributed by atoms with Crippen molar-refractivity contribution in [3.05, 3.63) is 210 Å². The first-order valence-electron chi connectivity index (χ1n) is 48.7. The van der Waals surface area contributed by atoms with Crippen LogP contribution in [-0.2, 0) is 41.5 Å². The van der Waals surface area contributed by atoms with Gasteiger partial charge in [-0.25, -0.2) is 13.5 Å². The average molecular weight is 1840 g/mol. The number of nitrogens with one attached hydrogen (secondary N) is 1. The van der Waals surface area contributed by atoms with E-state index in [1.807, 2.05) is 6.92 Å². The highest BCUT2D eigenvalue weighted by molar-refractivity contribution is 7.61. The summed E-state index contributed by atoms with van der Waals surface area (Å²) in [7, 11) is -10.9. The SMILES string of the molecule is CC(=O)N[C@H]1[C@H](O[C@H]2[C@H](O)[C@@H](F)[C@@H](OP(=O)(O)OP(=O)(O)OCCC(C)CC/C=C(\C)CC/C=C(\C)CC/C=C(\C)CC/C=C(\C)CC/C=C(\C)CC/C=C(\C)CC/C=C(\C)CC/C=C(\C)CC/C=C(\C)CC/C=C(\C)CC/C=C(\C)CC/C=C(\C)CC/C=C(\C)CC/C=C(\C)CC/C=C(\C)CC/C=C(\C)CC/C=C(\C)CCC=C(C)C)O[C@@H]2CO)O[C@H](CO)[C@@H](O)[C@@H]1O. The molecule has 0 aliphatic carbocycles. The van der Waals surface area contributed by atoms with Crippen LogP contribution in [0.1, 0.15) is 383 Å². The van der Waals surface area contributed by atoms with E-state index in [-0.39, 0.29) is 12.5 Å². The molecule has 2 heterocycles. The van der Waals surface area contributed by atoms with E-state index in [1.54, 1.807) is 0 Å². The lowest BCUT2D eigenvalue weighted by Gasteiger charge is -2.46. The minimum absolute atomic E-state index is 0.0255. The van der Waals surface area contributed by atoms with Crippen LogP contribution < -0.4 is 5.32 Å². The van der Waals surface area contributed by atoms with E-state index >= 15 is 4.39 Å². The Morgan fingerprint density at radius 2 is 0.581 bits per heavy atom. The van der Waals surface area contributed by atoms with Crippen LogP contribution in [0.4, 0.5) is 4.39 Å². The Bertz CT molecular complexity index is 3950. The predicted molar refractivity (Wildman–Crippen MR) is 538 cm³/mol. The van der Waals surface area contributed by atoms with Gasteiger partial charge in [0.25, 0.3) is 0 Å². The summed E-state index contributed by atoms with van der Waals surface area (Å²) in [4.78, 5) is 32.5. The summed E-state index contributed by atoms with van der Waals surface area (Å²) in [5, 5.41) is 53.7. The number of phosphoric acid groups is 2. The van der Waals surface area contributed by atoms with Crippen LogP contribution in [-0.4, -0.2) is 122 Å². The monoisotopic (exact) mass is 1840 g/mol. The van der Waals surface area contributed by atoms with Crippen LogP contribution in [0.15, 0.2) is 210 Å². The van der Waals surface area contributed by atoms with Crippen LogP contribution in [0.5, 0.6) is 0 Å². The zero-order valence-electron chi connectivity index (χ0n) is 84.1. The van der Waals surface area contributed by atoms with Gasteiger partial charge < -0.3 is 54.8 Å². The Balaban J connectivity index is 1.56. The van der Waals surface area contributed by atoms with Crippen LogP contribution >= 0.6 is 15.6 Å². The van der Waals surface area contributed by atoms with Crippen molar-refractivity contribution in [3.63, 3.8) is 0 Å². The lowest BCUT2D eigenvalue weighted by atomic mass is 9.95. The van der Waals surface area contributed by atoms with E-state index in [4.69, 9.17) is 23.3 Å². The summed E-state index contributed by atoms with van der Waals surface area (Å²) in [6.07, 6.45) is 65.5. The Labute approximate surface area is 783 Å². The van der Waals surface area contributed by atoms with Gasteiger partial charge >= 0.3 is 15.6 Å². The van der Waals surface area contributed by atoms with Crippen LogP contribution in [0, 0.1) is 5.92 Å². The van der Waals surface area contributed by atoms with Crippen molar-refractivity contribution in [2.75, 3.05) is 19.8 Å². The molecular formula is C109H180FNO16P2. The topological polar surface area (TPSA) is 260 Å². The Hall–Kier alpha value is -5.34. The number of phosphoric ester groups is 2. The van der Waals surface area contributed by atoms with Gasteiger partial charge in [-0.1, -0.05) is 217 Å². The summed E-state index contributed by atoms with van der Waals surface area (Å²) in [6.45, 7) is 43.9. The zero-order chi connectivity index (χ0) is 96.3. The molecule has 2 saturated heterocycles. The van der Waals surface area contributed by atoms with Crippen molar-refractivity contribution in [1.29, 1.82) is 0 Å². The number of hydrogen-bond acceptors (Lipinski definition) is 14. The fraction of sp³-hybridized carbons (Fsp3) is 0.661. The van der Waals surface area contributed by atoms with Gasteiger partial charge in [-0.05, 0) is 375 Å². The summed E-state index contributed by atoms with van der Waals surface area (Å²) < 4.78 is 71.5. The molecule has 2 aliphatic heterocycles. The number of carbonyl (C=O) groups excluding carboxylic acids is 1. The Morgan fingerprint density at radius 3 is 0.822 bits per heavy atom. The quantitative estimate of drug-likeness (QED) is 0.0208. The van der Waals surface area contributed by atoms with Gasteiger partial charge in [0, 0.05) is 6.92 Å². The first-order chi connectivity index (χ1) is 61.1. The molecule has 0 bridgehead atoms. The van der Waals surface area contributed by atoms with E-state index in [9.17, 15) is 49.2 Å². The maximum Gasteiger partial charge on any atom is 0.483 e. The second kappa shape index (κ2) is 69.5. The molecular weight excluding hydrogens is 1660 g/mol. The largest absolute Gasteiger partial charge is 0.483 e. The number of ether oxygens (including phenoxy) is 3. The third kappa shape index (κ3) is 59.9. The molecule has 17 nitrogen and oxygen atoms in total. The molecule has 1 amide bonds. The number of amides is 1. The van der Waals surface area contributed by atoms with Gasteiger partial charge in [0.15, 0.2) is 12.5 Å². The molecule has 0 spiro atoms. The number of allylic oxidation sites excluding steroid dienone is 36. The average Bonchev–Trinajstić information content (AvgIpc) is 0.778. The third-order valence-electron chi connectivity index (χ3n) is 24.4. The second-order valence-electron chi connectivity index (χ2n) is 37.9. The molecule has 13 atom stereocenters. The third-order valence-corrected chi connectivity index (χ3v) is 27.0. The van der Waals surface area contributed by atoms with E-state index in [0.717, 1.165) is 219 Å². The van der Waals surface area contributed by atoms with Crippen molar-refractivity contribution < 1.29 is 81.2 Å². The summed E-state index contributed by atoms with van der Waals surface area (Å²) in [6, 6.07) is -1.51. The molecule has 2 rings (SSSR count). The zero-order valence-corrected chi connectivity index (χ0v) is 85.9. The molecule has 0 aromatic carbocycles. The van der Waals surface area contributed by atoms with Crippen molar-refractivity contribution in [1.82, 2.24) is 5.32 Å². The van der Waals surface area contributed by atoms with Crippen molar-refractivity contribution in [3.8, 4) is 0 Å². The van der Waals surface area contributed by atoms with E-state index in [0.29, 0.717) is 6.42 Å². The minimum Gasteiger partial charge on any atom is -0.394 e. The van der Waals surface area contributed by atoms with Gasteiger partial charge in [0.05, 0.1) is 19.8 Å². The molecule has 3 unspecified atom stereocenters. The maximum absolute atomic E-state index is 15.6. The normalized spacial score (nSPS) is 22.7. The number of aliphatic hydroxyl groups excluding tert-OH is 5. The second-order valence-corrected chi connectivity index (χ2v) is 40.9. The summed E-state index contributed by atoms with van der Waals surface area (Å²) >= 11 is 0. The van der Waals surface area contributed by atoms with Crippen LogP contribution in [0.3, 0.4) is 0 Å². The van der Waals surface area contributed by atoms with E-state index in [1.165, 1.54) is 120 Å². The highest BCUT2D eigenvalue weighted by Crippen LogP contribution is 2.61. The molecule has 0 radical (unpaired) electrons. The highest BCUT2D eigenvalue weighted by atomic mass is 31.3. The van der Waals surface area contributed by atoms with Crippen LogP contribution in [0.25, 0.3) is 0 Å². The van der Waals surface area contributed by atoms with Gasteiger partial charge in [-0.3, -0.25) is 13.8 Å². The molecule has 8 N–H and O–H groups in total. The molecule has 0 aromatic heterocycles. The van der Waals surface area contributed by atoms with E-state index in [2.05, 4.69) is 251 Å². The first-order valence-corrected chi connectivity index (χ1v) is 51.7. The molecule has 2 fully saturated rings. The van der Waals surface area contributed by atoms with Gasteiger partial charge in [0.1, 0.15) is 42.7 Å². The number of rotatable bonds is 67. The van der Waals surface area contributed by atoms with Crippen LogP contribution in [0.2, 0.25) is 0 Å². The molecule has 2 aliphatic rings. The molecule has 20 heteroatoms. The number of halogens is 1. The van der Waals surface area contributed by atoms with E-state index < -0.39 is 96.2 Å². The Morgan fingerprint density at radius 1 is 0.341 bits per heavy atom. The maximum atomic E-state index is 15.6. The summed E-state index contributed by atoms with van der Waals surface area (Å²) in [5.74, 6) is -0.675. The number of hydrogen-bond donors (Lipinski definition) is 8. The molecule has 0 aromatic rings. The van der Waals surface area contributed by atoms with Gasteiger partial charge in [-0.15, -0.1) is 0 Å². The lowest BCUT2D eigenvalue weighted by molar-refractivity contribution is -0.332. The lowest BCUT2D eigenvalue weighted by Crippen LogP contribution is -2.67. The minimum atomic E-state index is -5.66. The number of carbonyl (C=O) groups is 1. The molecule has 734 valence electrons. The van der Waals surface area contributed by atoms with Gasteiger partial charge in [-0.2, -0.15) is 4.31 Å².